The molecule has 1 atom stereocenters. The summed E-state index contributed by atoms with van der Waals surface area (Å²) < 4.78 is 5.53. The maximum absolute atomic E-state index is 12.4. The van der Waals surface area contributed by atoms with Gasteiger partial charge in [-0.25, -0.2) is 0 Å². The quantitative estimate of drug-likeness (QED) is 0.670. The number of rotatable bonds is 5. The Hall–Kier alpha value is -2.95. The van der Waals surface area contributed by atoms with E-state index in [0.717, 1.165) is 29.7 Å². The van der Waals surface area contributed by atoms with Crippen LogP contribution in [0.4, 0.5) is 0 Å². The van der Waals surface area contributed by atoms with Crippen molar-refractivity contribution in [2.24, 2.45) is 0 Å². The molecule has 144 valence electrons. The van der Waals surface area contributed by atoms with Crippen molar-refractivity contribution in [3.63, 3.8) is 0 Å². The summed E-state index contributed by atoms with van der Waals surface area (Å²) in [7, 11) is 0. The van der Waals surface area contributed by atoms with Crippen molar-refractivity contribution in [3.8, 4) is 11.4 Å². The van der Waals surface area contributed by atoms with Crippen LogP contribution in [0.15, 0.2) is 47.0 Å². The predicted octanol–water partition coefficient (Wildman–Crippen LogP) is 4.22. The lowest BCUT2D eigenvalue weighted by Crippen LogP contribution is -2.27. The Labute approximate surface area is 165 Å². The minimum atomic E-state index is -0.0307. The van der Waals surface area contributed by atoms with Crippen LogP contribution in [0.5, 0.6) is 0 Å². The second-order valence-electron chi connectivity index (χ2n) is 7.75. The fourth-order valence-electron chi connectivity index (χ4n) is 3.66. The number of amides is 1. The molecule has 0 radical (unpaired) electrons. The molecule has 0 saturated carbocycles. The Bertz CT molecular complexity index is 991. The average molecular weight is 375 g/mol. The Balaban J connectivity index is 1.43. The van der Waals surface area contributed by atoms with Crippen molar-refractivity contribution in [2.75, 3.05) is 13.1 Å². The monoisotopic (exact) mass is 375 g/mol. The first-order valence-corrected chi connectivity index (χ1v) is 9.74. The van der Waals surface area contributed by atoms with Crippen LogP contribution in [-0.2, 0) is 11.2 Å². The van der Waals surface area contributed by atoms with E-state index >= 15 is 0 Å². The van der Waals surface area contributed by atoms with Crippen LogP contribution < -0.4 is 0 Å². The predicted molar refractivity (Wildman–Crippen MR) is 108 cm³/mol. The molecule has 1 amide bonds. The third-order valence-corrected chi connectivity index (χ3v) is 5.43. The largest absolute Gasteiger partial charge is 0.342 e. The number of likely N-dealkylation sites (tertiary alicyclic amines) is 1. The van der Waals surface area contributed by atoms with E-state index in [9.17, 15) is 4.79 Å². The Kier molecular flexibility index (Phi) is 4.99. The van der Waals surface area contributed by atoms with Crippen molar-refractivity contribution in [1.82, 2.24) is 15.0 Å². The number of benzene rings is 2. The highest BCUT2D eigenvalue weighted by Gasteiger charge is 2.34. The number of aromatic nitrogens is 2. The highest BCUT2D eigenvalue weighted by molar-refractivity contribution is 5.79. The molecule has 28 heavy (non-hydrogen) atoms. The molecule has 1 aliphatic heterocycles. The Morgan fingerprint density at radius 1 is 1.07 bits per heavy atom. The van der Waals surface area contributed by atoms with Gasteiger partial charge >= 0.3 is 0 Å². The molecule has 0 N–H and O–H groups in total. The highest BCUT2D eigenvalue weighted by Crippen LogP contribution is 2.30. The van der Waals surface area contributed by atoms with Crippen LogP contribution >= 0.6 is 0 Å². The zero-order valence-corrected chi connectivity index (χ0v) is 16.6. The zero-order valence-electron chi connectivity index (χ0n) is 16.6. The summed E-state index contributed by atoms with van der Waals surface area (Å²) >= 11 is 0. The maximum atomic E-state index is 12.4. The van der Waals surface area contributed by atoms with E-state index in [4.69, 9.17) is 4.52 Å². The van der Waals surface area contributed by atoms with Gasteiger partial charge in [-0.1, -0.05) is 52.7 Å². The average Bonchev–Trinajstić information content (AvgIpc) is 3.30. The minimum Gasteiger partial charge on any atom is -0.342 e. The molecule has 0 aliphatic carbocycles. The Morgan fingerprint density at radius 3 is 2.61 bits per heavy atom. The van der Waals surface area contributed by atoms with Crippen LogP contribution in [0.3, 0.4) is 0 Å². The molecule has 5 nitrogen and oxygen atoms in total. The molecule has 4 rings (SSSR count). The second-order valence-corrected chi connectivity index (χ2v) is 7.75. The first-order chi connectivity index (χ1) is 13.5. The second kappa shape index (κ2) is 7.58. The number of hydrogen-bond acceptors (Lipinski definition) is 4. The fourth-order valence-corrected chi connectivity index (χ4v) is 3.66. The van der Waals surface area contributed by atoms with Gasteiger partial charge in [0, 0.05) is 25.1 Å². The van der Waals surface area contributed by atoms with Gasteiger partial charge < -0.3 is 9.42 Å². The summed E-state index contributed by atoms with van der Waals surface area (Å²) in [6, 6.07) is 14.7. The van der Waals surface area contributed by atoms with Crippen molar-refractivity contribution in [3.05, 3.63) is 70.6 Å². The lowest BCUT2D eigenvalue weighted by molar-refractivity contribution is -0.127. The number of carbonyl (C=O) groups is 1. The van der Waals surface area contributed by atoms with Crippen molar-refractivity contribution in [2.45, 2.75) is 39.5 Å². The highest BCUT2D eigenvalue weighted by atomic mass is 16.5. The van der Waals surface area contributed by atoms with Gasteiger partial charge in [0.15, 0.2) is 0 Å². The maximum Gasteiger partial charge on any atom is 0.232 e. The van der Waals surface area contributed by atoms with Crippen LogP contribution in [0.1, 0.15) is 40.5 Å². The summed E-state index contributed by atoms with van der Waals surface area (Å²) in [6.45, 7) is 7.52. The first kappa shape index (κ1) is 18.4. The molecule has 1 aliphatic rings. The lowest BCUT2D eigenvalue weighted by atomic mass is 10.1. The van der Waals surface area contributed by atoms with Crippen molar-refractivity contribution >= 4 is 5.91 Å². The number of aryl methyl sites for hydroxylation is 3. The third-order valence-electron chi connectivity index (χ3n) is 5.43. The van der Waals surface area contributed by atoms with Gasteiger partial charge in [0.25, 0.3) is 0 Å². The smallest absolute Gasteiger partial charge is 0.232 e. The van der Waals surface area contributed by atoms with Crippen LogP contribution in [0.2, 0.25) is 0 Å². The fraction of sp³-hybridized carbons (Fsp3) is 0.348. The summed E-state index contributed by atoms with van der Waals surface area (Å²) in [4.78, 5) is 19.0. The van der Waals surface area contributed by atoms with Gasteiger partial charge in [-0.3, -0.25) is 4.79 Å². The SMILES string of the molecule is Cc1ccc(CCN2CC(c3nc(-c4cc(C)ccc4C)no3)CC2=O)cc1. The topological polar surface area (TPSA) is 59.2 Å². The van der Waals surface area contributed by atoms with E-state index in [-0.39, 0.29) is 11.8 Å². The molecule has 1 aromatic heterocycles. The third kappa shape index (κ3) is 3.84. The van der Waals surface area contributed by atoms with Gasteiger partial charge in [0.2, 0.25) is 17.6 Å². The molecule has 2 heterocycles. The van der Waals surface area contributed by atoms with Gasteiger partial charge in [0.05, 0.1) is 5.92 Å². The molecule has 1 fully saturated rings. The van der Waals surface area contributed by atoms with E-state index in [2.05, 4.69) is 59.5 Å². The lowest BCUT2D eigenvalue weighted by Gasteiger charge is -2.15. The van der Waals surface area contributed by atoms with E-state index in [1.165, 1.54) is 11.1 Å². The normalized spacial score (nSPS) is 16.8. The van der Waals surface area contributed by atoms with E-state index in [1.807, 2.05) is 18.7 Å². The molecule has 0 bridgehead atoms. The molecule has 2 aromatic carbocycles. The molecule has 3 aromatic rings. The van der Waals surface area contributed by atoms with Gasteiger partial charge in [0.1, 0.15) is 0 Å². The van der Waals surface area contributed by atoms with E-state index in [1.54, 1.807) is 0 Å². The molecule has 5 heteroatoms. The molecule has 1 unspecified atom stereocenters. The van der Waals surface area contributed by atoms with Crippen molar-refractivity contribution in [1.29, 1.82) is 0 Å². The van der Waals surface area contributed by atoms with Gasteiger partial charge in [-0.05, 0) is 44.4 Å². The number of hydrogen-bond donors (Lipinski definition) is 0. The number of carbonyl (C=O) groups excluding carboxylic acids is 1. The molecule has 0 spiro atoms. The Morgan fingerprint density at radius 2 is 1.82 bits per heavy atom. The molecule has 1 saturated heterocycles. The van der Waals surface area contributed by atoms with E-state index in [0.29, 0.717) is 24.7 Å². The van der Waals surface area contributed by atoms with Crippen LogP contribution in [0, 0.1) is 20.8 Å². The summed E-state index contributed by atoms with van der Waals surface area (Å²) in [5.41, 5.74) is 5.75. The van der Waals surface area contributed by atoms with Crippen molar-refractivity contribution < 1.29 is 9.32 Å². The summed E-state index contributed by atoms with van der Waals surface area (Å²) in [6.07, 6.45) is 1.29. The summed E-state index contributed by atoms with van der Waals surface area (Å²) in [5.74, 6) is 1.28. The van der Waals surface area contributed by atoms with Crippen LogP contribution in [0.25, 0.3) is 11.4 Å². The number of nitrogens with zero attached hydrogens (tertiary/aromatic N) is 3. The standard InChI is InChI=1S/C23H25N3O2/c1-15-5-8-18(9-6-15)10-11-26-14-19(13-21(26)27)23-24-22(25-28-23)20-12-16(2)4-7-17(20)3/h4-9,12,19H,10-11,13-14H2,1-3H3. The first-order valence-electron chi connectivity index (χ1n) is 9.74. The minimum absolute atomic E-state index is 0.0307. The summed E-state index contributed by atoms with van der Waals surface area (Å²) in [5, 5.41) is 4.17. The molecular weight excluding hydrogens is 350 g/mol. The van der Waals surface area contributed by atoms with Gasteiger partial charge in [-0.2, -0.15) is 4.98 Å². The van der Waals surface area contributed by atoms with Crippen LogP contribution in [-0.4, -0.2) is 34.0 Å². The van der Waals surface area contributed by atoms with E-state index < -0.39 is 0 Å². The molecular formula is C23H25N3O2. The van der Waals surface area contributed by atoms with Gasteiger partial charge in [-0.15, -0.1) is 0 Å². The zero-order chi connectivity index (χ0) is 19.7.